The lowest BCUT2D eigenvalue weighted by Crippen LogP contribution is -2.02. The van der Waals surface area contributed by atoms with Crippen molar-refractivity contribution in [3.8, 4) is 0 Å². The molecule has 0 aromatic heterocycles. The molecule has 0 unspecified atom stereocenters. The van der Waals surface area contributed by atoms with Crippen molar-refractivity contribution in [3.63, 3.8) is 0 Å². The van der Waals surface area contributed by atoms with Gasteiger partial charge in [0.1, 0.15) is 6.10 Å². The molecule has 0 spiro atoms. The van der Waals surface area contributed by atoms with E-state index in [2.05, 4.69) is 24.3 Å². The topological polar surface area (TPSA) is 26.3 Å². The van der Waals surface area contributed by atoms with Crippen molar-refractivity contribution >= 4 is 16.7 Å². The van der Waals surface area contributed by atoms with E-state index in [1.165, 1.54) is 5.56 Å². The first-order valence-electron chi connectivity index (χ1n) is 7.09. The Balaban J connectivity index is 1.84. The van der Waals surface area contributed by atoms with Crippen LogP contribution >= 0.6 is 0 Å². The van der Waals surface area contributed by atoms with E-state index in [0.717, 1.165) is 16.3 Å². The average molecular weight is 274 g/mol. The molecule has 2 nitrogen and oxygen atoms in total. The monoisotopic (exact) mass is 274 g/mol. The summed E-state index contributed by atoms with van der Waals surface area (Å²) in [6.45, 7) is 0. The molecule has 0 N–H and O–H groups in total. The molecule has 0 aliphatic carbocycles. The van der Waals surface area contributed by atoms with E-state index in [1.807, 2.05) is 42.5 Å². The van der Waals surface area contributed by atoms with Crippen molar-refractivity contribution in [2.45, 2.75) is 12.5 Å². The summed E-state index contributed by atoms with van der Waals surface area (Å²) in [7, 11) is 0. The van der Waals surface area contributed by atoms with Crippen molar-refractivity contribution in [2.24, 2.45) is 0 Å². The van der Waals surface area contributed by atoms with Gasteiger partial charge < -0.3 is 4.74 Å². The number of hydrogen-bond acceptors (Lipinski definition) is 2. The number of carbonyl (C=O) groups excluding carboxylic acids is 1. The van der Waals surface area contributed by atoms with E-state index in [1.54, 1.807) is 0 Å². The van der Waals surface area contributed by atoms with Crippen LogP contribution in [0.25, 0.3) is 10.8 Å². The van der Waals surface area contributed by atoms with Crippen LogP contribution in [-0.2, 0) is 11.2 Å². The number of hydrogen-bond donors (Lipinski definition) is 0. The number of esters is 1. The zero-order chi connectivity index (χ0) is 14.2. The summed E-state index contributed by atoms with van der Waals surface area (Å²) in [5.74, 6) is -0.211. The van der Waals surface area contributed by atoms with Gasteiger partial charge in [0.05, 0.1) is 5.56 Å². The summed E-state index contributed by atoms with van der Waals surface area (Å²) in [6.07, 6.45) is 0.522. The molecule has 1 atom stereocenters. The lowest BCUT2D eigenvalue weighted by atomic mass is 9.94. The molecule has 0 amide bonds. The molecule has 0 saturated carbocycles. The van der Waals surface area contributed by atoms with Crippen molar-refractivity contribution in [3.05, 3.63) is 83.4 Å². The second-order valence-electron chi connectivity index (χ2n) is 5.33. The zero-order valence-electron chi connectivity index (χ0n) is 11.5. The maximum atomic E-state index is 12.1. The Morgan fingerprint density at radius 1 is 0.857 bits per heavy atom. The SMILES string of the molecule is O=C1O[C@@H](Cc2ccccc2)c2c1ccc1ccccc21. The molecule has 4 rings (SSSR count). The predicted molar refractivity (Wildman–Crippen MR) is 82.3 cm³/mol. The molecule has 1 aliphatic rings. The second-order valence-corrected chi connectivity index (χ2v) is 5.33. The van der Waals surface area contributed by atoms with Gasteiger partial charge in [-0.2, -0.15) is 0 Å². The Morgan fingerprint density at radius 2 is 1.62 bits per heavy atom. The highest BCUT2D eigenvalue weighted by molar-refractivity contribution is 6.01. The quantitative estimate of drug-likeness (QED) is 0.651. The number of ether oxygens (including phenoxy) is 1. The number of fused-ring (bicyclic) bond motifs is 3. The Hall–Kier alpha value is -2.61. The molecule has 2 heteroatoms. The highest BCUT2D eigenvalue weighted by Crippen LogP contribution is 2.38. The normalized spacial score (nSPS) is 16.8. The van der Waals surface area contributed by atoms with Crippen LogP contribution in [0.15, 0.2) is 66.7 Å². The van der Waals surface area contributed by atoms with E-state index in [4.69, 9.17) is 4.74 Å². The first kappa shape index (κ1) is 12.2. The maximum absolute atomic E-state index is 12.1. The van der Waals surface area contributed by atoms with Gasteiger partial charge in [0.25, 0.3) is 0 Å². The van der Waals surface area contributed by atoms with Crippen molar-refractivity contribution in [1.29, 1.82) is 0 Å². The molecule has 0 radical (unpaired) electrons. The summed E-state index contributed by atoms with van der Waals surface area (Å²) in [5.41, 5.74) is 2.91. The summed E-state index contributed by atoms with van der Waals surface area (Å²) in [5, 5.41) is 2.26. The van der Waals surface area contributed by atoms with E-state index < -0.39 is 0 Å². The van der Waals surface area contributed by atoms with E-state index in [0.29, 0.717) is 12.0 Å². The number of benzene rings is 3. The van der Waals surface area contributed by atoms with E-state index in [9.17, 15) is 4.79 Å². The summed E-state index contributed by atoms with van der Waals surface area (Å²) < 4.78 is 5.60. The third-order valence-electron chi connectivity index (χ3n) is 4.03. The smallest absolute Gasteiger partial charge is 0.339 e. The van der Waals surface area contributed by atoms with Crippen LogP contribution in [0.2, 0.25) is 0 Å². The Labute approximate surface area is 123 Å². The lowest BCUT2D eigenvalue weighted by Gasteiger charge is -2.12. The van der Waals surface area contributed by atoms with Crippen molar-refractivity contribution < 1.29 is 9.53 Å². The fourth-order valence-electron chi connectivity index (χ4n) is 3.04. The first-order chi connectivity index (χ1) is 10.3. The molecule has 1 aliphatic heterocycles. The molecule has 21 heavy (non-hydrogen) atoms. The summed E-state index contributed by atoms with van der Waals surface area (Å²) >= 11 is 0. The molecule has 1 heterocycles. The predicted octanol–water partition coefficient (Wildman–Crippen LogP) is 4.29. The van der Waals surface area contributed by atoms with Gasteiger partial charge in [0.2, 0.25) is 0 Å². The van der Waals surface area contributed by atoms with Crippen LogP contribution in [0, 0.1) is 0 Å². The third kappa shape index (κ3) is 2.00. The van der Waals surface area contributed by atoms with Crippen LogP contribution in [-0.4, -0.2) is 5.97 Å². The Morgan fingerprint density at radius 3 is 2.48 bits per heavy atom. The summed E-state index contributed by atoms with van der Waals surface area (Å²) in [6, 6.07) is 22.2. The molecule has 3 aromatic carbocycles. The molecule has 0 saturated heterocycles. The van der Waals surface area contributed by atoms with E-state index in [-0.39, 0.29) is 12.1 Å². The highest BCUT2D eigenvalue weighted by atomic mass is 16.5. The van der Waals surface area contributed by atoms with Gasteiger partial charge in [0, 0.05) is 12.0 Å². The fraction of sp³-hybridized carbons (Fsp3) is 0.105. The highest BCUT2D eigenvalue weighted by Gasteiger charge is 2.32. The van der Waals surface area contributed by atoms with Gasteiger partial charge in [0.15, 0.2) is 0 Å². The molecule has 102 valence electrons. The van der Waals surface area contributed by atoms with Gasteiger partial charge in [-0.25, -0.2) is 4.79 Å². The van der Waals surface area contributed by atoms with E-state index >= 15 is 0 Å². The maximum Gasteiger partial charge on any atom is 0.339 e. The molecular weight excluding hydrogens is 260 g/mol. The van der Waals surface area contributed by atoms with Crippen molar-refractivity contribution in [2.75, 3.05) is 0 Å². The zero-order valence-corrected chi connectivity index (χ0v) is 11.5. The standard InChI is InChI=1S/C19H14O2/c20-19-16-11-10-14-8-4-5-9-15(14)18(16)17(21-19)12-13-6-2-1-3-7-13/h1-11,17H,12H2/t17-/m0/s1. The van der Waals surface area contributed by atoms with Crippen molar-refractivity contribution in [1.82, 2.24) is 0 Å². The van der Waals surface area contributed by atoms with Crippen LogP contribution in [0.1, 0.15) is 27.6 Å². The van der Waals surface area contributed by atoms with Gasteiger partial charge in [-0.15, -0.1) is 0 Å². The van der Waals surface area contributed by atoms with Gasteiger partial charge in [-0.05, 0) is 22.4 Å². The minimum atomic E-state index is -0.211. The molecule has 0 bridgehead atoms. The van der Waals surface area contributed by atoms with Crippen LogP contribution in [0.3, 0.4) is 0 Å². The van der Waals surface area contributed by atoms with Crippen LogP contribution < -0.4 is 0 Å². The largest absolute Gasteiger partial charge is 0.453 e. The minimum absolute atomic E-state index is 0.194. The van der Waals surface area contributed by atoms with Crippen LogP contribution in [0.4, 0.5) is 0 Å². The number of cyclic esters (lactones) is 1. The third-order valence-corrected chi connectivity index (χ3v) is 4.03. The molecule has 0 fully saturated rings. The Kier molecular flexibility index (Phi) is 2.74. The van der Waals surface area contributed by atoms with Gasteiger partial charge >= 0.3 is 5.97 Å². The summed E-state index contributed by atoms with van der Waals surface area (Å²) in [4.78, 5) is 12.1. The number of rotatable bonds is 2. The average Bonchev–Trinajstić information content (AvgIpc) is 2.85. The minimum Gasteiger partial charge on any atom is -0.453 e. The van der Waals surface area contributed by atoms with Gasteiger partial charge in [-0.3, -0.25) is 0 Å². The lowest BCUT2D eigenvalue weighted by molar-refractivity contribution is 0.0388. The molecular formula is C19H14O2. The Bertz CT molecular complexity index is 821. The molecule has 3 aromatic rings. The van der Waals surface area contributed by atoms with Gasteiger partial charge in [-0.1, -0.05) is 60.7 Å². The van der Waals surface area contributed by atoms with Crippen LogP contribution in [0.5, 0.6) is 0 Å². The number of carbonyl (C=O) groups is 1. The fourth-order valence-corrected chi connectivity index (χ4v) is 3.04. The second kappa shape index (κ2) is 4.74. The first-order valence-corrected chi connectivity index (χ1v) is 7.09.